The van der Waals surface area contributed by atoms with E-state index < -0.39 is 0 Å². The molecule has 2 aromatic carbocycles. The summed E-state index contributed by atoms with van der Waals surface area (Å²) in [4.78, 5) is 10.1. The first-order valence-electron chi connectivity index (χ1n) is 8.98. The number of rotatable bonds is 4. The van der Waals surface area contributed by atoms with E-state index in [4.69, 9.17) is 0 Å². The van der Waals surface area contributed by atoms with Gasteiger partial charge < -0.3 is 15.2 Å². The Morgan fingerprint density at radius 3 is 2.92 bits per heavy atom. The molecule has 3 aromatic rings. The first-order valence-corrected chi connectivity index (χ1v) is 8.98. The third-order valence-corrected chi connectivity index (χ3v) is 4.94. The number of para-hydroxylation sites is 2. The zero-order chi connectivity index (χ0) is 17.1. The minimum atomic E-state index is 0.921. The molecule has 0 spiro atoms. The molecule has 2 N–H and O–H groups in total. The Morgan fingerprint density at radius 2 is 2.00 bits per heavy atom. The van der Waals surface area contributed by atoms with E-state index in [1.54, 1.807) is 0 Å². The Balaban J connectivity index is 1.35. The highest BCUT2D eigenvalue weighted by Gasteiger charge is 2.21. The van der Waals surface area contributed by atoms with Crippen molar-refractivity contribution in [3.05, 3.63) is 65.9 Å². The van der Waals surface area contributed by atoms with Crippen LogP contribution < -0.4 is 10.2 Å². The molecule has 0 radical (unpaired) electrons. The third-order valence-electron chi connectivity index (χ3n) is 4.94. The number of hydrogen-bond donors (Lipinski definition) is 2. The Labute approximate surface area is 148 Å². The lowest BCUT2D eigenvalue weighted by Gasteiger charge is -2.22. The van der Waals surface area contributed by atoms with Crippen LogP contribution in [-0.4, -0.2) is 31.1 Å². The summed E-state index contributed by atoms with van der Waals surface area (Å²) in [6, 6.07) is 17.1. The first kappa shape index (κ1) is 15.8. The summed E-state index contributed by atoms with van der Waals surface area (Å²) in [5.74, 6) is 0.976. The van der Waals surface area contributed by atoms with E-state index in [2.05, 4.69) is 74.9 Å². The van der Waals surface area contributed by atoms with Crippen LogP contribution >= 0.6 is 0 Å². The second-order valence-electron chi connectivity index (χ2n) is 6.47. The fourth-order valence-corrected chi connectivity index (χ4v) is 3.67. The minimum Gasteiger partial charge on any atom is -0.361 e. The molecule has 0 unspecified atom stereocenters. The summed E-state index contributed by atoms with van der Waals surface area (Å²) in [7, 11) is 1.86. The molecule has 4 heteroatoms. The van der Waals surface area contributed by atoms with Gasteiger partial charge in [0.05, 0.1) is 0 Å². The van der Waals surface area contributed by atoms with Gasteiger partial charge in [0.2, 0.25) is 0 Å². The summed E-state index contributed by atoms with van der Waals surface area (Å²) in [6.07, 6.45) is 5.36. The van der Waals surface area contributed by atoms with Gasteiger partial charge in [-0.05, 0) is 42.5 Å². The molecule has 0 amide bonds. The monoisotopic (exact) mass is 332 g/mol. The number of aromatic amines is 1. The molecule has 0 fully saturated rings. The van der Waals surface area contributed by atoms with E-state index in [1.165, 1.54) is 27.7 Å². The van der Waals surface area contributed by atoms with Crippen LogP contribution in [0.15, 0.2) is 59.7 Å². The first-order chi connectivity index (χ1) is 12.4. The average Bonchev–Trinajstić information content (AvgIpc) is 3.26. The van der Waals surface area contributed by atoms with Crippen LogP contribution in [0, 0.1) is 0 Å². The predicted octanol–water partition coefficient (Wildman–Crippen LogP) is 3.74. The van der Waals surface area contributed by atoms with Gasteiger partial charge in [0.25, 0.3) is 0 Å². The number of benzene rings is 2. The summed E-state index contributed by atoms with van der Waals surface area (Å²) >= 11 is 0. The fourth-order valence-electron chi connectivity index (χ4n) is 3.67. The van der Waals surface area contributed by atoms with E-state index >= 15 is 0 Å². The molecule has 0 bridgehead atoms. The smallest absolute Gasteiger partial charge is 0.198 e. The van der Waals surface area contributed by atoms with Crippen LogP contribution in [0.4, 0.5) is 5.69 Å². The van der Waals surface area contributed by atoms with Crippen molar-refractivity contribution in [2.45, 2.75) is 19.3 Å². The summed E-state index contributed by atoms with van der Waals surface area (Å²) in [5.41, 5.74) is 5.30. The molecule has 0 saturated heterocycles. The number of anilines is 1. The van der Waals surface area contributed by atoms with Gasteiger partial charge >= 0.3 is 0 Å². The SMILES string of the molecule is CN=C(NCCCc1c[nH]c2ccccc12)N1CCc2ccccc21. The molecule has 1 aliphatic heterocycles. The molecule has 0 saturated carbocycles. The van der Waals surface area contributed by atoms with Gasteiger partial charge in [-0.25, -0.2) is 0 Å². The van der Waals surface area contributed by atoms with Gasteiger partial charge in [-0.15, -0.1) is 0 Å². The van der Waals surface area contributed by atoms with Gasteiger partial charge in [-0.1, -0.05) is 36.4 Å². The van der Waals surface area contributed by atoms with Crippen LogP contribution in [0.3, 0.4) is 0 Å². The molecule has 1 aliphatic rings. The highest BCUT2D eigenvalue weighted by molar-refractivity contribution is 5.97. The minimum absolute atomic E-state index is 0.921. The molecule has 4 nitrogen and oxygen atoms in total. The number of nitrogens with one attached hydrogen (secondary N) is 2. The van der Waals surface area contributed by atoms with Crippen LogP contribution in [0.1, 0.15) is 17.5 Å². The Kier molecular flexibility index (Phi) is 4.42. The molecule has 4 rings (SSSR count). The van der Waals surface area contributed by atoms with E-state index in [1.807, 2.05) is 7.05 Å². The normalized spacial score (nSPS) is 14.1. The van der Waals surface area contributed by atoms with E-state index in [0.717, 1.165) is 38.3 Å². The van der Waals surface area contributed by atoms with Gasteiger partial charge in [0.15, 0.2) is 5.96 Å². The standard InChI is InChI=1S/C21H24N4/c1-22-21(25-14-12-16-7-2-5-11-20(16)25)23-13-6-8-17-15-24-19-10-4-3-9-18(17)19/h2-5,7,9-11,15,24H,6,8,12-14H2,1H3,(H,22,23). The van der Waals surface area contributed by atoms with Crippen molar-refractivity contribution in [3.8, 4) is 0 Å². The number of fused-ring (bicyclic) bond motifs is 2. The van der Waals surface area contributed by atoms with Crippen molar-refractivity contribution < 1.29 is 0 Å². The van der Waals surface area contributed by atoms with Crippen LogP contribution in [0.5, 0.6) is 0 Å². The van der Waals surface area contributed by atoms with Crippen LogP contribution in [0.25, 0.3) is 10.9 Å². The van der Waals surface area contributed by atoms with E-state index in [-0.39, 0.29) is 0 Å². The van der Waals surface area contributed by atoms with Crippen LogP contribution in [0.2, 0.25) is 0 Å². The van der Waals surface area contributed by atoms with Crippen molar-refractivity contribution in [1.29, 1.82) is 0 Å². The number of aromatic nitrogens is 1. The number of aliphatic imine (C=N–C) groups is 1. The molecule has 25 heavy (non-hydrogen) atoms. The molecule has 2 heterocycles. The van der Waals surface area contributed by atoms with Crippen molar-refractivity contribution in [2.24, 2.45) is 4.99 Å². The summed E-state index contributed by atoms with van der Waals surface area (Å²) in [5, 5.41) is 4.86. The Bertz CT molecular complexity index is 894. The van der Waals surface area contributed by atoms with Crippen molar-refractivity contribution in [3.63, 3.8) is 0 Å². The number of H-pyrrole nitrogens is 1. The number of aryl methyl sites for hydroxylation is 1. The Morgan fingerprint density at radius 1 is 1.16 bits per heavy atom. The maximum Gasteiger partial charge on any atom is 0.198 e. The predicted molar refractivity (Wildman–Crippen MR) is 105 cm³/mol. The second-order valence-corrected chi connectivity index (χ2v) is 6.47. The largest absolute Gasteiger partial charge is 0.361 e. The lowest BCUT2D eigenvalue weighted by Crippen LogP contribution is -2.41. The summed E-state index contributed by atoms with van der Waals surface area (Å²) in [6.45, 7) is 1.92. The average molecular weight is 332 g/mol. The molecular weight excluding hydrogens is 308 g/mol. The van der Waals surface area contributed by atoms with Gasteiger partial charge in [-0.2, -0.15) is 0 Å². The molecule has 1 aromatic heterocycles. The maximum atomic E-state index is 4.48. The molecular formula is C21H24N4. The summed E-state index contributed by atoms with van der Waals surface area (Å²) < 4.78 is 0. The molecule has 0 aliphatic carbocycles. The molecule has 0 atom stereocenters. The number of nitrogens with zero attached hydrogens (tertiary/aromatic N) is 2. The zero-order valence-corrected chi connectivity index (χ0v) is 14.6. The lowest BCUT2D eigenvalue weighted by molar-refractivity contribution is 0.763. The quantitative estimate of drug-likeness (QED) is 0.434. The fraction of sp³-hybridized carbons (Fsp3) is 0.286. The second kappa shape index (κ2) is 7.01. The lowest BCUT2D eigenvalue weighted by atomic mass is 10.1. The number of hydrogen-bond acceptors (Lipinski definition) is 1. The van der Waals surface area contributed by atoms with Crippen molar-refractivity contribution >= 4 is 22.5 Å². The zero-order valence-electron chi connectivity index (χ0n) is 14.6. The van der Waals surface area contributed by atoms with Crippen molar-refractivity contribution in [1.82, 2.24) is 10.3 Å². The topological polar surface area (TPSA) is 43.4 Å². The van der Waals surface area contributed by atoms with Gasteiger partial charge in [0.1, 0.15) is 0 Å². The molecule has 128 valence electrons. The van der Waals surface area contributed by atoms with Gasteiger partial charge in [-0.3, -0.25) is 4.99 Å². The maximum absolute atomic E-state index is 4.48. The third kappa shape index (κ3) is 3.12. The highest BCUT2D eigenvalue weighted by atomic mass is 15.3. The number of guanidine groups is 1. The van der Waals surface area contributed by atoms with Crippen LogP contribution in [-0.2, 0) is 12.8 Å². The van der Waals surface area contributed by atoms with Crippen molar-refractivity contribution in [2.75, 3.05) is 25.0 Å². The van der Waals surface area contributed by atoms with E-state index in [0.29, 0.717) is 0 Å². The van der Waals surface area contributed by atoms with Gasteiger partial charge in [0, 0.05) is 42.9 Å². The van der Waals surface area contributed by atoms with E-state index in [9.17, 15) is 0 Å². The highest BCUT2D eigenvalue weighted by Crippen LogP contribution is 2.27. The Hall–Kier alpha value is -2.75.